The van der Waals surface area contributed by atoms with Crippen molar-refractivity contribution in [2.45, 2.75) is 6.42 Å². The number of hydrogen-bond donors (Lipinski definition) is 1. The molecule has 19 heavy (non-hydrogen) atoms. The summed E-state index contributed by atoms with van der Waals surface area (Å²) in [6.07, 6.45) is -0.0500. The van der Waals surface area contributed by atoms with Crippen molar-refractivity contribution < 1.29 is 14.7 Å². The molecule has 0 amide bonds. The Balaban J connectivity index is 2.22. The predicted molar refractivity (Wildman–Crippen MR) is 72.7 cm³/mol. The Morgan fingerprint density at radius 1 is 1.00 bits per heavy atom. The second-order valence-corrected chi connectivity index (χ2v) is 4.54. The van der Waals surface area contributed by atoms with E-state index in [0.29, 0.717) is 21.7 Å². The maximum atomic E-state index is 12.2. The fraction of sp³-hybridized carbons (Fsp3) is 0.0667. The van der Waals surface area contributed by atoms with E-state index in [1.54, 1.807) is 48.5 Å². The summed E-state index contributed by atoms with van der Waals surface area (Å²) in [6, 6.07) is 13.3. The second-order valence-electron chi connectivity index (χ2n) is 4.11. The number of ketones is 1. The lowest BCUT2D eigenvalue weighted by molar-refractivity contribution is -0.136. The zero-order valence-corrected chi connectivity index (χ0v) is 10.7. The Morgan fingerprint density at radius 2 is 1.68 bits per heavy atom. The number of carboxylic acids is 1. The minimum Gasteiger partial charge on any atom is -0.481 e. The first-order valence-corrected chi connectivity index (χ1v) is 6.05. The molecule has 0 spiro atoms. The van der Waals surface area contributed by atoms with Gasteiger partial charge in [0.15, 0.2) is 5.78 Å². The molecule has 0 unspecified atom stereocenters. The van der Waals surface area contributed by atoms with Gasteiger partial charge >= 0.3 is 5.97 Å². The second kappa shape index (κ2) is 5.67. The smallest absolute Gasteiger partial charge is 0.307 e. The van der Waals surface area contributed by atoms with Crippen LogP contribution in [-0.4, -0.2) is 16.9 Å². The van der Waals surface area contributed by atoms with Gasteiger partial charge in [0.05, 0.1) is 6.42 Å². The summed E-state index contributed by atoms with van der Waals surface area (Å²) in [5.41, 5.74) is 1.69. The van der Waals surface area contributed by atoms with Crippen molar-refractivity contribution in [2.75, 3.05) is 0 Å². The molecule has 0 radical (unpaired) electrons. The number of carboxylic acid groups (broad SMARTS) is 1. The largest absolute Gasteiger partial charge is 0.481 e. The fourth-order valence-corrected chi connectivity index (χ4v) is 1.94. The normalized spacial score (nSPS) is 10.2. The van der Waals surface area contributed by atoms with E-state index in [1.807, 2.05) is 0 Å². The topological polar surface area (TPSA) is 54.4 Å². The van der Waals surface area contributed by atoms with E-state index in [2.05, 4.69) is 0 Å². The average molecular weight is 275 g/mol. The van der Waals surface area contributed by atoms with Gasteiger partial charge in [0.25, 0.3) is 0 Å². The maximum Gasteiger partial charge on any atom is 0.307 e. The van der Waals surface area contributed by atoms with Gasteiger partial charge < -0.3 is 5.11 Å². The minimum absolute atomic E-state index is 0.0500. The summed E-state index contributed by atoms with van der Waals surface area (Å²) in [7, 11) is 0. The van der Waals surface area contributed by atoms with Crippen LogP contribution in [0.25, 0.3) is 0 Å². The van der Waals surface area contributed by atoms with Gasteiger partial charge in [-0.2, -0.15) is 0 Å². The number of carbonyl (C=O) groups excluding carboxylic acids is 1. The lowest BCUT2D eigenvalue weighted by Gasteiger charge is -2.03. The quantitative estimate of drug-likeness (QED) is 0.871. The lowest BCUT2D eigenvalue weighted by atomic mass is 10.0. The minimum atomic E-state index is -0.895. The van der Waals surface area contributed by atoms with Crippen molar-refractivity contribution in [3.63, 3.8) is 0 Å². The molecule has 0 aliphatic rings. The fourth-order valence-electron chi connectivity index (χ4n) is 1.74. The molecule has 0 fully saturated rings. The van der Waals surface area contributed by atoms with Gasteiger partial charge in [0.2, 0.25) is 0 Å². The number of carbonyl (C=O) groups is 2. The summed E-state index contributed by atoms with van der Waals surface area (Å²) in [4.78, 5) is 22.7. The van der Waals surface area contributed by atoms with Crippen molar-refractivity contribution in [3.8, 4) is 0 Å². The van der Waals surface area contributed by atoms with E-state index >= 15 is 0 Å². The van der Waals surface area contributed by atoms with Crippen molar-refractivity contribution in [3.05, 3.63) is 70.2 Å². The molecule has 2 aromatic carbocycles. The number of hydrogen-bond acceptors (Lipinski definition) is 2. The molecule has 2 aromatic rings. The molecule has 0 atom stereocenters. The molecule has 0 heterocycles. The third kappa shape index (κ3) is 3.42. The third-order valence-electron chi connectivity index (χ3n) is 2.66. The number of halogens is 1. The van der Waals surface area contributed by atoms with Gasteiger partial charge in [-0.15, -0.1) is 0 Å². The molecule has 0 aliphatic heterocycles. The molecule has 3 nitrogen and oxygen atoms in total. The van der Waals surface area contributed by atoms with Crippen molar-refractivity contribution in [1.82, 2.24) is 0 Å². The molecule has 1 N–H and O–H groups in total. The first kappa shape index (κ1) is 13.3. The highest BCUT2D eigenvalue weighted by atomic mass is 35.5. The Labute approximate surface area is 115 Å². The van der Waals surface area contributed by atoms with Crippen LogP contribution in [-0.2, 0) is 11.2 Å². The van der Waals surface area contributed by atoms with Gasteiger partial charge in [-0.05, 0) is 17.7 Å². The summed E-state index contributed by atoms with van der Waals surface area (Å²) < 4.78 is 0. The van der Waals surface area contributed by atoms with Gasteiger partial charge in [-0.1, -0.05) is 48.0 Å². The van der Waals surface area contributed by atoms with Crippen LogP contribution in [0.4, 0.5) is 0 Å². The Morgan fingerprint density at radius 3 is 2.26 bits per heavy atom. The Bertz CT molecular complexity index is 618. The first-order valence-electron chi connectivity index (χ1n) is 5.67. The highest BCUT2D eigenvalue weighted by Gasteiger charge is 2.09. The van der Waals surface area contributed by atoms with Crippen LogP contribution in [0.1, 0.15) is 21.5 Å². The van der Waals surface area contributed by atoms with E-state index in [9.17, 15) is 9.59 Å². The van der Waals surface area contributed by atoms with E-state index < -0.39 is 5.97 Å². The molecule has 0 aliphatic carbocycles. The Kier molecular flexibility index (Phi) is 3.97. The van der Waals surface area contributed by atoms with Crippen LogP contribution in [0.5, 0.6) is 0 Å². The molecule has 0 bridgehead atoms. The van der Waals surface area contributed by atoms with Crippen molar-refractivity contribution >= 4 is 23.4 Å². The first-order chi connectivity index (χ1) is 9.06. The summed E-state index contributed by atoms with van der Waals surface area (Å²) in [5.74, 6) is -1.03. The van der Waals surface area contributed by atoms with Crippen LogP contribution in [0, 0.1) is 0 Å². The molecule has 0 saturated heterocycles. The lowest BCUT2D eigenvalue weighted by Crippen LogP contribution is -2.03. The molecule has 0 saturated carbocycles. The molecular weight excluding hydrogens is 264 g/mol. The van der Waals surface area contributed by atoms with Crippen LogP contribution < -0.4 is 0 Å². The van der Waals surface area contributed by atoms with E-state index in [4.69, 9.17) is 16.7 Å². The molecule has 2 rings (SSSR count). The van der Waals surface area contributed by atoms with Gasteiger partial charge in [0.1, 0.15) is 0 Å². The van der Waals surface area contributed by atoms with Crippen LogP contribution in [0.3, 0.4) is 0 Å². The molecule has 4 heteroatoms. The van der Waals surface area contributed by atoms with Crippen LogP contribution in [0.15, 0.2) is 48.5 Å². The number of aliphatic carboxylic acids is 1. The summed E-state index contributed by atoms with van der Waals surface area (Å²) in [5, 5.41) is 9.18. The maximum absolute atomic E-state index is 12.2. The predicted octanol–water partition coefficient (Wildman–Crippen LogP) is 3.20. The van der Waals surface area contributed by atoms with Gasteiger partial charge in [-0.3, -0.25) is 9.59 Å². The van der Waals surface area contributed by atoms with Crippen molar-refractivity contribution in [2.24, 2.45) is 0 Å². The van der Waals surface area contributed by atoms with Gasteiger partial charge in [0, 0.05) is 16.1 Å². The highest BCUT2D eigenvalue weighted by molar-refractivity contribution is 6.31. The SMILES string of the molecule is O=C(O)Cc1ccc(C(=O)c2cccc(Cl)c2)cc1. The van der Waals surface area contributed by atoms with Crippen LogP contribution in [0.2, 0.25) is 5.02 Å². The summed E-state index contributed by atoms with van der Waals surface area (Å²) >= 11 is 5.84. The van der Waals surface area contributed by atoms with E-state index in [1.165, 1.54) is 0 Å². The Hall–Kier alpha value is -2.13. The third-order valence-corrected chi connectivity index (χ3v) is 2.89. The summed E-state index contributed by atoms with van der Waals surface area (Å²) in [6.45, 7) is 0. The standard InChI is InChI=1S/C15H11ClO3/c16-13-3-1-2-12(9-13)15(19)11-6-4-10(5-7-11)8-14(17)18/h1-7,9H,8H2,(H,17,18). The van der Waals surface area contributed by atoms with E-state index in [-0.39, 0.29) is 12.2 Å². The number of benzene rings is 2. The zero-order chi connectivity index (χ0) is 13.8. The molecule has 0 aromatic heterocycles. The zero-order valence-electron chi connectivity index (χ0n) is 9.97. The number of rotatable bonds is 4. The molecular formula is C15H11ClO3. The molecule has 96 valence electrons. The average Bonchev–Trinajstić information content (AvgIpc) is 2.38. The van der Waals surface area contributed by atoms with Crippen LogP contribution >= 0.6 is 11.6 Å². The van der Waals surface area contributed by atoms with Crippen molar-refractivity contribution in [1.29, 1.82) is 0 Å². The van der Waals surface area contributed by atoms with E-state index in [0.717, 1.165) is 0 Å². The van der Waals surface area contributed by atoms with Gasteiger partial charge in [-0.25, -0.2) is 0 Å². The highest BCUT2D eigenvalue weighted by Crippen LogP contribution is 2.15. The monoisotopic (exact) mass is 274 g/mol.